The van der Waals surface area contributed by atoms with Gasteiger partial charge in [-0.05, 0) is 32.9 Å². The predicted octanol–water partition coefficient (Wildman–Crippen LogP) is 1.55. The second kappa shape index (κ2) is 5.86. The van der Waals surface area contributed by atoms with Crippen molar-refractivity contribution < 1.29 is 17.9 Å². The molecular weight excluding hydrogens is 254 g/mol. The molecule has 0 aliphatic rings. The number of benzene rings is 1. The van der Waals surface area contributed by atoms with E-state index in [1.165, 1.54) is 13.0 Å². The second-order valence-electron chi connectivity index (χ2n) is 4.00. The lowest BCUT2D eigenvalue weighted by Gasteiger charge is -2.13. The highest BCUT2D eigenvalue weighted by Crippen LogP contribution is 2.19. The summed E-state index contributed by atoms with van der Waals surface area (Å²) in [4.78, 5) is 11.9. The van der Waals surface area contributed by atoms with E-state index in [1.807, 2.05) is 18.6 Å². The molecule has 5 nitrogen and oxygen atoms in total. The summed E-state index contributed by atoms with van der Waals surface area (Å²) in [6.45, 7) is 5.13. The highest BCUT2D eigenvalue weighted by atomic mass is 32.2. The maximum atomic E-state index is 11.9. The van der Waals surface area contributed by atoms with Gasteiger partial charge in [-0.2, -0.15) is 0 Å². The van der Waals surface area contributed by atoms with Gasteiger partial charge >= 0.3 is 0 Å². The van der Waals surface area contributed by atoms with Crippen LogP contribution in [-0.4, -0.2) is 26.2 Å². The van der Waals surface area contributed by atoms with Crippen LogP contribution in [0.25, 0.3) is 0 Å². The van der Waals surface area contributed by atoms with Gasteiger partial charge in [0, 0.05) is 0 Å². The van der Waals surface area contributed by atoms with Gasteiger partial charge in [0.15, 0.2) is 0 Å². The third-order valence-electron chi connectivity index (χ3n) is 2.12. The van der Waals surface area contributed by atoms with Crippen molar-refractivity contribution in [1.82, 2.24) is 4.72 Å². The number of hydrogen-bond acceptors (Lipinski definition) is 4. The smallest absolute Gasteiger partial charge is 0.268 e. The molecule has 0 unspecified atom stereocenters. The zero-order chi connectivity index (χ0) is 13.8. The van der Waals surface area contributed by atoms with Crippen LogP contribution < -0.4 is 9.46 Å². The Balaban J connectivity index is 2.99. The van der Waals surface area contributed by atoms with Crippen LogP contribution in [0.15, 0.2) is 24.3 Å². The number of hydrogen-bond donors (Lipinski definition) is 1. The zero-order valence-electron chi connectivity index (χ0n) is 10.6. The fraction of sp³-hybridized carbons (Fsp3) is 0.417. The molecule has 1 rings (SSSR count). The number of ether oxygens (including phenoxy) is 1. The van der Waals surface area contributed by atoms with Crippen LogP contribution in [0.1, 0.15) is 31.1 Å². The fourth-order valence-electron chi connectivity index (χ4n) is 1.28. The molecular formula is C12H17NO4S. The van der Waals surface area contributed by atoms with Crippen LogP contribution >= 0.6 is 0 Å². The van der Waals surface area contributed by atoms with Gasteiger partial charge in [0.05, 0.1) is 17.4 Å². The lowest BCUT2D eigenvalue weighted by atomic mass is 10.2. The van der Waals surface area contributed by atoms with E-state index >= 15 is 0 Å². The lowest BCUT2D eigenvalue weighted by Crippen LogP contribution is -2.32. The van der Waals surface area contributed by atoms with Gasteiger partial charge in [0.25, 0.3) is 5.91 Å². The van der Waals surface area contributed by atoms with Gasteiger partial charge in [0.1, 0.15) is 5.75 Å². The van der Waals surface area contributed by atoms with Crippen molar-refractivity contribution in [2.75, 3.05) is 5.75 Å². The minimum atomic E-state index is -3.57. The van der Waals surface area contributed by atoms with Gasteiger partial charge in [-0.1, -0.05) is 12.1 Å². The van der Waals surface area contributed by atoms with E-state index in [2.05, 4.69) is 0 Å². The van der Waals surface area contributed by atoms with Crippen molar-refractivity contribution in [2.24, 2.45) is 0 Å². The normalized spacial score (nSPS) is 11.3. The molecule has 100 valence electrons. The molecule has 0 aliphatic carbocycles. The Labute approximate surface area is 107 Å². The molecule has 18 heavy (non-hydrogen) atoms. The molecule has 0 aliphatic heterocycles. The molecule has 0 spiro atoms. The van der Waals surface area contributed by atoms with E-state index in [4.69, 9.17) is 4.74 Å². The van der Waals surface area contributed by atoms with Crippen molar-refractivity contribution in [1.29, 1.82) is 0 Å². The summed E-state index contributed by atoms with van der Waals surface area (Å²) < 4.78 is 30.1. The van der Waals surface area contributed by atoms with Gasteiger partial charge < -0.3 is 4.74 Å². The molecule has 0 heterocycles. The number of para-hydroxylation sites is 1. The van der Waals surface area contributed by atoms with E-state index in [0.29, 0.717) is 5.75 Å². The Kier molecular flexibility index (Phi) is 4.72. The summed E-state index contributed by atoms with van der Waals surface area (Å²) in [6, 6.07) is 6.54. The van der Waals surface area contributed by atoms with Crippen molar-refractivity contribution in [3.63, 3.8) is 0 Å². The van der Waals surface area contributed by atoms with Crippen molar-refractivity contribution in [2.45, 2.75) is 26.9 Å². The number of amides is 1. The molecule has 0 saturated heterocycles. The second-order valence-corrected chi connectivity index (χ2v) is 6.01. The SMILES string of the molecule is CCS(=O)(=O)NC(=O)c1ccccc1OC(C)C. The highest BCUT2D eigenvalue weighted by molar-refractivity contribution is 7.90. The van der Waals surface area contributed by atoms with E-state index < -0.39 is 15.9 Å². The maximum absolute atomic E-state index is 11.9. The number of carbonyl (C=O) groups excluding carboxylic acids is 1. The summed E-state index contributed by atoms with van der Waals surface area (Å²) in [5, 5.41) is 0. The molecule has 1 aromatic rings. The standard InChI is InChI=1S/C12H17NO4S/c1-4-18(15,16)13-12(14)10-7-5-6-8-11(10)17-9(2)3/h5-9H,4H2,1-3H3,(H,13,14). The minimum absolute atomic E-state index is 0.0956. The van der Waals surface area contributed by atoms with Crippen LogP contribution in [0.5, 0.6) is 5.75 Å². The topological polar surface area (TPSA) is 72.5 Å². The number of nitrogens with one attached hydrogen (secondary N) is 1. The molecule has 1 amide bonds. The number of carbonyl (C=O) groups is 1. The molecule has 1 aromatic carbocycles. The minimum Gasteiger partial charge on any atom is -0.490 e. The highest BCUT2D eigenvalue weighted by Gasteiger charge is 2.17. The van der Waals surface area contributed by atoms with Crippen LogP contribution in [0.3, 0.4) is 0 Å². The third-order valence-corrected chi connectivity index (χ3v) is 3.38. The quantitative estimate of drug-likeness (QED) is 0.882. The van der Waals surface area contributed by atoms with E-state index in [0.717, 1.165) is 0 Å². The van der Waals surface area contributed by atoms with Crippen LogP contribution in [0.4, 0.5) is 0 Å². The van der Waals surface area contributed by atoms with Crippen molar-refractivity contribution >= 4 is 15.9 Å². The molecule has 0 fully saturated rings. The van der Waals surface area contributed by atoms with Gasteiger partial charge in [-0.15, -0.1) is 0 Å². The molecule has 0 aromatic heterocycles. The Bertz CT molecular complexity index is 523. The number of rotatable bonds is 5. The Morgan fingerprint density at radius 1 is 1.33 bits per heavy atom. The third kappa shape index (κ3) is 4.03. The molecule has 0 bridgehead atoms. The van der Waals surface area contributed by atoms with E-state index in [-0.39, 0.29) is 17.4 Å². The maximum Gasteiger partial charge on any atom is 0.268 e. The van der Waals surface area contributed by atoms with Crippen molar-refractivity contribution in [3.05, 3.63) is 29.8 Å². The zero-order valence-corrected chi connectivity index (χ0v) is 11.5. The number of sulfonamides is 1. The molecule has 0 saturated carbocycles. The summed E-state index contributed by atoms with van der Waals surface area (Å²) in [7, 11) is -3.57. The first-order valence-electron chi connectivity index (χ1n) is 5.66. The summed E-state index contributed by atoms with van der Waals surface area (Å²) in [5.74, 6) is -0.448. The lowest BCUT2D eigenvalue weighted by molar-refractivity contribution is 0.0975. The van der Waals surface area contributed by atoms with E-state index in [9.17, 15) is 13.2 Å². The summed E-state index contributed by atoms with van der Waals surface area (Å²) in [6.07, 6.45) is -0.0956. The largest absolute Gasteiger partial charge is 0.490 e. The van der Waals surface area contributed by atoms with Crippen LogP contribution in [0, 0.1) is 0 Å². The molecule has 1 N–H and O–H groups in total. The average molecular weight is 271 g/mol. The fourth-order valence-corrected chi connectivity index (χ4v) is 1.82. The molecule has 0 atom stereocenters. The Morgan fingerprint density at radius 2 is 1.94 bits per heavy atom. The molecule has 0 radical (unpaired) electrons. The van der Waals surface area contributed by atoms with Gasteiger partial charge in [-0.25, -0.2) is 13.1 Å². The van der Waals surface area contributed by atoms with Gasteiger partial charge in [-0.3, -0.25) is 4.79 Å². The average Bonchev–Trinajstić information content (AvgIpc) is 2.28. The first kappa shape index (κ1) is 14.5. The van der Waals surface area contributed by atoms with Crippen LogP contribution in [0.2, 0.25) is 0 Å². The van der Waals surface area contributed by atoms with Crippen molar-refractivity contribution in [3.8, 4) is 5.75 Å². The Morgan fingerprint density at radius 3 is 2.50 bits per heavy atom. The van der Waals surface area contributed by atoms with E-state index in [1.54, 1.807) is 18.2 Å². The Hall–Kier alpha value is -1.56. The summed E-state index contributed by atoms with van der Waals surface area (Å²) in [5.41, 5.74) is 0.211. The van der Waals surface area contributed by atoms with Crippen LogP contribution in [-0.2, 0) is 10.0 Å². The van der Waals surface area contributed by atoms with Gasteiger partial charge in [0.2, 0.25) is 10.0 Å². The first-order chi connectivity index (χ1) is 8.35. The molecule has 6 heteroatoms. The first-order valence-corrected chi connectivity index (χ1v) is 7.31. The predicted molar refractivity (Wildman–Crippen MR) is 69.1 cm³/mol. The monoisotopic (exact) mass is 271 g/mol. The summed E-state index contributed by atoms with van der Waals surface area (Å²) >= 11 is 0.